The number of halogens is 1. The molecule has 0 aromatic rings. The molecule has 0 aliphatic heterocycles. The third kappa shape index (κ3) is 15.1. The minimum Gasteiger partial charge on any atom is -0.466 e. The van der Waals surface area contributed by atoms with E-state index in [2.05, 4.69) is 15.6 Å². The standard InChI is InChI=1S/C20H39N3O3.HI/c1-3-25-19(24)14-9-4-5-10-15-22-20(21-2)23-16-11-17-26-18-12-7-6-8-13-18;/h18H,3-17H2,1-2H3,(H2,21,22,23);1H. The van der Waals surface area contributed by atoms with Gasteiger partial charge in [0.05, 0.1) is 12.7 Å². The second-order valence-electron chi connectivity index (χ2n) is 6.88. The summed E-state index contributed by atoms with van der Waals surface area (Å²) >= 11 is 0. The minimum atomic E-state index is -0.0808. The lowest BCUT2D eigenvalue weighted by molar-refractivity contribution is -0.143. The number of hydrogen-bond acceptors (Lipinski definition) is 4. The second kappa shape index (κ2) is 18.8. The third-order valence-corrected chi connectivity index (χ3v) is 4.65. The smallest absolute Gasteiger partial charge is 0.305 e. The Labute approximate surface area is 182 Å². The lowest BCUT2D eigenvalue weighted by atomic mass is 9.98. The molecule has 2 N–H and O–H groups in total. The van der Waals surface area contributed by atoms with Crippen molar-refractivity contribution >= 4 is 35.9 Å². The fourth-order valence-electron chi connectivity index (χ4n) is 3.17. The predicted octanol–water partition coefficient (Wildman–Crippen LogP) is 4.02. The fourth-order valence-corrected chi connectivity index (χ4v) is 3.17. The number of ether oxygens (including phenoxy) is 2. The molecule has 1 saturated carbocycles. The summed E-state index contributed by atoms with van der Waals surface area (Å²) in [5, 5.41) is 6.67. The number of carbonyl (C=O) groups is 1. The van der Waals surface area contributed by atoms with Crippen molar-refractivity contribution in [3.8, 4) is 0 Å². The highest BCUT2D eigenvalue weighted by atomic mass is 127. The summed E-state index contributed by atoms with van der Waals surface area (Å²) in [6, 6.07) is 0. The van der Waals surface area contributed by atoms with Crippen molar-refractivity contribution in [1.82, 2.24) is 10.6 Å². The maximum atomic E-state index is 11.2. The van der Waals surface area contributed by atoms with E-state index in [1.54, 1.807) is 7.05 Å². The van der Waals surface area contributed by atoms with Gasteiger partial charge in [0.1, 0.15) is 0 Å². The number of aliphatic imine (C=N–C) groups is 1. The van der Waals surface area contributed by atoms with E-state index in [1.165, 1.54) is 32.1 Å². The summed E-state index contributed by atoms with van der Waals surface area (Å²) in [5.41, 5.74) is 0. The van der Waals surface area contributed by atoms with Crippen molar-refractivity contribution in [2.24, 2.45) is 4.99 Å². The predicted molar refractivity (Wildman–Crippen MR) is 122 cm³/mol. The van der Waals surface area contributed by atoms with Gasteiger partial charge < -0.3 is 20.1 Å². The van der Waals surface area contributed by atoms with Gasteiger partial charge in [-0.05, 0) is 39.0 Å². The normalized spacial score (nSPS) is 15.1. The molecule has 0 unspecified atom stereocenters. The van der Waals surface area contributed by atoms with Crippen LogP contribution in [0.15, 0.2) is 4.99 Å². The van der Waals surface area contributed by atoms with Crippen LogP contribution in [0.4, 0.5) is 0 Å². The number of carbonyl (C=O) groups excluding carboxylic acids is 1. The van der Waals surface area contributed by atoms with Crippen molar-refractivity contribution in [2.45, 2.75) is 83.7 Å². The lowest BCUT2D eigenvalue weighted by Gasteiger charge is -2.22. The number of hydrogen-bond donors (Lipinski definition) is 2. The summed E-state index contributed by atoms with van der Waals surface area (Å²) in [7, 11) is 1.80. The van der Waals surface area contributed by atoms with Crippen molar-refractivity contribution in [3.05, 3.63) is 0 Å². The molecule has 0 bridgehead atoms. The molecule has 0 saturated heterocycles. The quantitative estimate of drug-likeness (QED) is 0.132. The minimum absolute atomic E-state index is 0. The monoisotopic (exact) mass is 497 g/mol. The summed E-state index contributed by atoms with van der Waals surface area (Å²) in [4.78, 5) is 15.5. The Morgan fingerprint density at radius 1 is 1.00 bits per heavy atom. The SMILES string of the molecule is CCOC(=O)CCCCCCNC(=NC)NCCCOC1CCCCC1.I. The van der Waals surface area contributed by atoms with Crippen LogP contribution in [-0.2, 0) is 14.3 Å². The van der Waals surface area contributed by atoms with Crippen molar-refractivity contribution in [3.63, 3.8) is 0 Å². The zero-order valence-corrected chi connectivity index (χ0v) is 19.6. The molecule has 7 heteroatoms. The van der Waals surface area contributed by atoms with E-state index >= 15 is 0 Å². The second-order valence-corrected chi connectivity index (χ2v) is 6.88. The molecule has 1 rings (SSSR count). The van der Waals surface area contributed by atoms with Crippen LogP contribution in [-0.4, -0.2) is 51.4 Å². The zero-order chi connectivity index (χ0) is 18.9. The Balaban J connectivity index is 0.00000676. The number of esters is 1. The molecular formula is C20H40IN3O3. The Morgan fingerprint density at radius 3 is 2.33 bits per heavy atom. The van der Waals surface area contributed by atoms with Crippen LogP contribution in [0.2, 0.25) is 0 Å². The molecule has 0 aromatic carbocycles. The van der Waals surface area contributed by atoms with Gasteiger partial charge in [0, 0.05) is 33.2 Å². The van der Waals surface area contributed by atoms with Crippen LogP contribution < -0.4 is 10.6 Å². The maximum absolute atomic E-state index is 11.2. The largest absolute Gasteiger partial charge is 0.466 e. The highest BCUT2D eigenvalue weighted by Gasteiger charge is 2.12. The van der Waals surface area contributed by atoms with E-state index in [-0.39, 0.29) is 29.9 Å². The van der Waals surface area contributed by atoms with E-state index in [4.69, 9.17) is 9.47 Å². The number of nitrogens with zero attached hydrogens (tertiary/aromatic N) is 1. The van der Waals surface area contributed by atoms with Crippen LogP contribution in [0, 0.1) is 0 Å². The van der Waals surface area contributed by atoms with E-state index in [1.807, 2.05) is 6.92 Å². The number of rotatable bonds is 13. The highest BCUT2D eigenvalue weighted by Crippen LogP contribution is 2.20. The van der Waals surface area contributed by atoms with Crippen molar-refractivity contribution in [1.29, 1.82) is 0 Å². The van der Waals surface area contributed by atoms with Gasteiger partial charge in [-0.3, -0.25) is 9.79 Å². The molecule has 1 fully saturated rings. The van der Waals surface area contributed by atoms with E-state index in [0.717, 1.165) is 57.8 Å². The third-order valence-electron chi connectivity index (χ3n) is 4.65. The zero-order valence-electron chi connectivity index (χ0n) is 17.3. The molecular weight excluding hydrogens is 457 g/mol. The first kappa shape index (κ1) is 26.4. The molecule has 160 valence electrons. The number of nitrogens with one attached hydrogen (secondary N) is 2. The summed E-state index contributed by atoms with van der Waals surface area (Å²) in [6.45, 7) is 4.93. The summed E-state index contributed by atoms with van der Waals surface area (Å²) in [6.07, 6.45) is 12.7. The Hall–Kier alpha value is -0.570. The Morgan fingerprint density at radius 2 is 1.67 bits per heavy atom. The molecule has 0 aromatic heterocycles. The van der Waals surface area contributed by atoms with Crippen LogP contribution in [0.5, 0.6) is 0 Å². The van der Waals surface area contributed by atoms with Crippen LogP contribution in [0.1, 0.15) is 77.6 Å². The molecule has 0 radical (unpaired) electrons. The summed E-state index contributed by atoms with van der Waals surface area (Å²) in [5.74, 6) is 0.775. The van der Waals surface area contributed by atoms with Gasteiger partial charge in [0.2, 0.25) is 0 Å². The first-order chi connectivity index (χ1) is 12.8. The number of unbranched alkanes of at least 4 members (excludes halogenated alkanes) is 3. The Kier molecular flexibility index (Phi) is 18.4. The van der Waals surface area contributed by atoms with Gasteiger partial charge in [0.15, 0.2) is 5.96 Å². The molecule has 27 heavy (non-hydrogen) atoms. The van der Waals surface area contributed by atoms with Crippen LogP contribution in [0.3, 0.4) is 0 Å². The van der Waals surface area contributed by atoms with Gasteiger partial charge in [-0.25, -0.2) is 0 Å². The molecule has 0 heterocycles. The first-order valence-corrected chi connectivity index (χ1v) is 10.5. The van der Waals surface area contributed by atoms with Gasteiger partial charge >= 0.3 is 5.97 Å². The molecule has 1 aliphatic carbocycles. The average molecular weight is 497 g/mol. The molecule has 0 spiro atoms. The van der Waals surface area contributed by atoms with Crippen molar-refractivity contribution in [2.75, 3.05) is 33.4 Å². The topological polar surface area (TPSA) is 72.0 Å². The molecule has 6 nitrogen and oxygen atoms in total. The molecule has 1 aliphatic rings. The van der Waals surface area contributed by atoms with E-state index < -0.39 is 0 Å². The van der Waals surface area contributed by atoms with Gasteiger partial charge in [-0.1, -0.05) is 32.1 Å². The lowest BCUT2D eigenvalue weighted by Crippen LogP contribution is -2.38. The molecule has 0 atom stereocenters. The average Bonchev–Trinajstić information content (AvgIpc) is 2.66. The number of guanidine groups is 1. The van der Waals surface area contributed by atoms with Gasteiger partial charge in [-0.15, -0.1) is 24.0 Å². The van der Waals surface area contributed by atoms with Gasteiger partial charge in [0.25, 0.3) is 0 Å². The first-order valence-electron chi connectivity index (χ1n) is 10.5. The Bertz CT molecular complexity index is 389. The summed E-state index contributed by atoms with van der Waals surface area (Å²) < 4.78 is 10.9. The molecule has 0 amide bonds. The highest BCUT2D eigenvalue weighted by molar-refractivity contribution is 14.0. The van der Waals surface area contributed by atoms with Crippen molar-refractivity contribution < 1.29 is 14.3 Å². The maximum Gasteiger partial charge on any atom is 0.305 e. The van der Waals surface area contributed by atoms with Crippen LogP contribution in [0.25, 0.3) is 0 Å². The van der Waals surface area contributed by atoms with Gasteiger partial charge in [-0.2, -0.15) is 0 Å². The van der Waals surface area contributed by atoms with Crippen LogP contribution >= 0.6 is 24.0 Å². The van der Waals surface area contributed by atoms with E-state index in [0.29, 0.717) is 19.1 Å². The fraction of sp³-hybridized carbons (Fsp3) is 0.900. The van der Waals surface area contributed by atoms with E-state index in [9.17, 15) is 4.79 Å².